The summed E-state index contributed by atoms with van der Waals surface area (Å²) in [6, 6.07) is 18.8. The quantitative estimate of drug-likeness (QED) is 0.411. The van der Waals surface area contributed by atoms with Gasteiger partial charge in [-0.05, 0) is 22.8 Å². The Hall–Kier alpha value is -4.53. The van der Waals surface area contributed by atoms with Crippen LogP contribution in [0.3, 0.4) is 0 Å². The van der Waals surface area contributed by atoms with E-state index in [-0.39, 0.29) is 5.56 Å². The Morgan fingerprint density at radius 1 is 1.00 bits per heavy atom. The van der Waals surface area contributed by atoms with Crippen molar-refractivity contribution in [2.24, 2.45) is 4.99 Å². The van der Waals surface area contributed by atoms with Gasteiger partial charge < -0.3 is 15.5 Å². The van der Waals surface area contributed by atoms with E-state index in [1.54, 1.807) is 24.3 Å². The fraction of sp³-hybridized carbons (Fsp3) is 0.0870. The molecule has 9 heteroatoms. The maximum absolute atomic E-state index is 12.5. The number of nitro benzene ring substituents is 1. The van der Waals surface area contributed by atoms with Crippen LogP contribution in [-0.2, 0) is 0 Å². The number of nitrogens with one attached hydrogen (secondary N) is 1. The van der Waals surface area contributed by atoms with Gasteiger partial charge in [0.1, 0.15) is 5.56 Å². The number of aromatic carboxylic acids is 1. The van der Waals surface area contributed by atoms with Crippen molar-refractivity contribution < 1.29 is 24.7 Å². The van der Waals surface area contributed by atoms with Crippen LogP contribution in [0.1, 0.15) is 39.0 Å². The lowest BCUT2D eigenvalue weighted by molar-refractivity contribution is -0.386. The molecule has 1 heterocycles. The number of nitrogens with zero attached hydrogens (tertiary/aromatic N) is 2. The highest BCUT2D eigenvalue weighted by molar-refractivity contribution is 6.12. The van der Waals surface area contributed by atoms with E-state index in [0.29, 0.717) is 11.3 Å². The molecule has 160 valence electrons. The summed E-state index contributed by atoms with van der Waals surface area (Å²) in [5, 5.41) is 33.7. The summed E-state index contributed by atoms with van der Waals surface area (Å²) < 4.78 is 0. The summed E-state index contributed by atoms with van der Waals surface area (Å²) in [6.07, 6.45) is 0. The zero-order chi connectivity index (χ0) is 22.8. The number of hydrogen-bond acceptors (Lipinski definition) is 5. The van der Waals surface area contributed by atoms with E-state index in [1.807, 2.05) is 36.4 Å². The normalized spacial score (nSPS) is 17.9. The maximum Gasteiger partial charge on any atom is 0.341 e. The summed E-state index contributed by atoms with van der Waals surface area (Å²) >= 11 is 0. The third-order valence-electron chi connectivity index (χ3n) is 5.26. The molecule has 0 spiro atoms. The molecule has 0 radical (unpaired) electrons. The van der Waals surface area contributed by atoms with Crippen molar-refractivity contribution in [3.8, 4) is 5.75 Å². The van der Waals surface area contributed by atoms with Crippen molar-refractivity contribution in [1.29, 1.82) is 0 Å². The van der Waals surface area contributed by atoms with Gasteiger partial charge in [-0.1, -0.05) is 60.7 Å². The van der Waals surface area contributed by atoms with E-state index in [2.05, 4.69) is 10.3 Å². The monoisotopic (exact) mass is 431 g/mol. The van der Waals surface area contributed by atoms with E-state index in [1.165, 1.54) is 0 Å². The van der Waals surface area contributed by atoms with Gasteiger partial charge in [0.25, 0.3) is 0 Å². The molecule has 32 heavy (non-hydrogen) atoms. The van der Waals surface area contributed by atoms with Crippen LogP contribution in [-0.4, -0.2) is 32.8 Å². The molecule has 4 rings (SSSR count). The first-order chi connectivity index (χ1) is 15.4. The number of aromatic hydroxyl groups is 1. The SMILES string of the molecule is O=C1N=C(c2ccccc2)C(c2ccccc2)C(c2cc(C(=O)O)c(O)c([N+](=O)[O-])c2)N1. The number of urea groups is 1. The molecule has 0 aliphatic carbocycles. The maximum atomic E-state index is 12.5. The number of aliphatic imine (C=N–C) groups is 1. The smallest absolute Gasteiger partial charge is 0.341 e. The van der Waals surface area contributed by atoms with E-state index in [9.17, 15) is 29.9 Å². The minimum atomic E-state index is -1.53. The molecule has 0 aromatic heterocycles. The van der Waals surface area contributed by atoms with Gasteiger partial charge >= 0.3 is 17.7 Å². The average Bonchev–Trinajstić information content (AvgIpc) is 2.79. The largest absolute Gasteiger partial charge is 0.501 e. The van der Waals surface area contributed by atoms with Gasteiger partial charge in [0.2, 0.25) is 5.75 Å². The number of carboxylic acid groups (broad SMARTS) is 1. The first kappa shape index (κ1) is 20.7. The second-order valence-corrected chi connectivity index (χ2v) is 7.18. The van der Waals surface area contributed by atoms with Gasteiger partial charge in [0.05, 0.1) is 22.6 Å². The first-order valence-corrected chi connectivity index (χ1v) is 9.61. The lowest BCUT2D eigenvalue weighted by Crippen LogP contribution is -2.40. The van der Waals surface area contributed by atoms with Crippen LogP contribution in [0.4, 0.5) is 10.5 Å². The average molecular weight is 431 g/mol. The fourth-order valence-electron chi connectivity index (χ4n) is 3.85. The van der Waals surface area contributed by atoms with E-state index in [0.717, 1.165) is 17.7 Å². The molecule has 1 aliphatic heterocycles. The molecule has 9 nitrogen and oxygen atoms in total. The highest BCUT2D eigenvalue weighted by Gasteiger charge is 2.37. The third kappa shape index (κ3) is 3.79. The lowest BCUT2D eigenvalue weighted by atomic mass is 9.79. The fourth-order valence-corrected chi connectivity index (χ4v) is 3.85. The Kier molecular flexibility index (Phi) is 5.38. The van der Waals surface area contributed by atoms with Gasteiger partial charge in [0, 0.05) is 6.07 Å². The summed E-state index contributed by atoms with van der Waals surface area (Å²) in [6.45, 7) is 0. The molecule has 0 saturated heterocycles. The van der Waals surface area contributed by atoms with Crippen molar-refractivity contribution in [2.75, 3.05) is 0 Å². The van der Waals surface area contributed by atoms with Crippen molar-refractivity contribution >= 4 is 23.4 Å². The van der Waals surface area contributed by atoms with E-state index >= 15 is 0 Å². The standard InChI is InChI=1S/C23H17N3O6/c27-21-16(22(28)29)11-15(12-17(21)26(31)32)20-18(13-7-3-1-4-8-13)19(24-23(30)25-20)14-9-5-2-6-10-14/h1-12,18,20,27H,(H,25,30)(H,28,29). The zero-order valence-corrected chi connectivity index (χ0v) is 16.5. The predicted molar refractivity (Wildman–Crippen MR) is 115 cm³/mol. The second-order valence-electron chi connectivity index (χ2n) is 7.18. The van der Waals surface area contributed by atoms with Gasteiger partial charge in [-0.2, -0.15) is 4.99 Å². The van der Waals surface area contributed by atoms with Crippen LogP contribution in [0, 0.1) is 10.1 Å². The number of carbonyl (C=O) groups excluding carboxylic acids is 1. The molecule has 3 N–H and O–H groups in total. The minimum absolute atomic E-state index is 0.164. The van der Waals surface area contributed by atoms with E-state index in [4.69, 9.17) is 0 Å². The Morgan fingerprint density at radius 2 is 1.62 bits per heavy atom. The number of amides is 2. The number of hydrogen-bond donors (Lipinski definition) is 3. The molecule has 0 saturated carbocycles. The number of carboxylic acids is 1. The summed E-state index contributed by atoms with van der Waals surface area (Å²) in [5.41, 5.74) is 0.681. The van der Waals surface area contributed by atoms with E-state index < -0.39 is 45.9 Å². The number of carbonyl (C=O) groups is 2. The van der Waals surface area contributed by atoms with Crippen LogP contribution in [0.25, 0.3) is 0 Å². The summed E-state index contributed by atoms with van der Waals surface area (Å²) in [7, 11) is 0. The van der Waals surface area contributed by atoms with Crippen molar-refractivity contribution in [2.45, 2.75) is 12.0 Å². The molecule has 1 aliphatic rings. The zero-order valence-electron chi connectivity index (χ0n) is 16.5. The Balaban J connectivity index is 1.95. The number of phenols is 1. The van der Waals surface area contributed by atoms with Crippen molar-refractivity contribution in [1.82, 2.24) is 5.32 Å². The molecular formula is C23H17N3O6. The second kappa shape index (κ2) is 8.31. The van der Waals surface area contributed by atoms with Crippen LogP contribution in [0.15, 0.2) is 77.8 Å². The minimum Gasteiger partial charge on any atom is -0.501 e. The predicted octanol–water partition coefficient (Wildman–Crippen LogP) is 4.04. The molecular weight excluding hydrogens is 414 g/mol. The number of rotatable bonds is 5. The van der Waals surface area contributed by atoms with Crippen molar-refractivity contribution in [3.63, 3.8) is 0 Å². The molecule has 0 bridgehead atoms. The molecule has 0 fully saturated rings. The molecule has 3 aromatic carbocycles. The van der Waals surface area contributed by atoms with Gasteiger partial charge in [-0.25, -0.2) is 9.59 Å². The topological polar surface area (TPSA) is 142 Å². The summed E-state index contributed by atoms with van der Waals surface area (Å²) in [5.74, 6) is -3.04. The Morgan fingerprint density at radius 3 is 2.22 bits per heavy atom. The highest BCUT2D eigenvalue weighted by Crippen LogP contribution is 2.41. The Bertz CT molecular complexity index is 1210. The van der Waals surface area contributed by atoms with Crippen LogP contribution >= 0.6 is 0 Å². The first-order valence-electron chi connectivity index (χ1n) is 9.61. The lowest BCUT2D eigenvalue weighted by Gasteiger charge is -2.33. The Labute approximate surface area is 181 Å². The van der Waals surface area contributed by atoms with Crippen LogP contribution in [0.5, 0.6) is 5.75 Å². The molecule has 2 atom stereocenters. The summed E-state index contributed by atoms with van der Waals surface area (Å²) in [4.78, 5) is 39.0. The van der Waals surface area contributed by atoms with Crippen molar-refractivity contribution in [3.05, 3.63) is 105 Å². The van der Waals surface area contributed by atoms with Crippen LogP contribution < -0.4 is 5.32 Å². The molecule has 3 aromatic rings. The molecule has 2 unspecified atom stereocenters. The van der Waals surface area contributed by atoms with Gasteiger partial charge in [-0.15, -0.1) is 0 Å². The van der Waals surface area contributed by atoms with Gasteiger partial charge in [0.15, 0.2) is 0 Å². The van der Waals surface area contributed by atoms with Gasteiger partial charge in [-0.3, -0.25) is 10.1 Å². The number of nitro groups is 1. The number of benzene rings is 3. The third-order valence-corrected chi connectivity index (χ3v) is 5.26. The highest BCUT2D eigenvalue weighted by atomic mass is 16.6. The van der Waals surface area contributed by atoms with Crippen LogP contribution in [0.2, 0.25) is 0 Å². The molecule has 2 amide bonds.